The number of hydrogen-bond acceptors (Lipinski definition) is 7. The minimum atomic E-state index is -1.87. The van der Waals surface area contributed by atoms with E-state index in [1.807, 2.05) is 0 Å². The van der Waals surface area contributed by atoms with E-state index in [2.05, 4.69) is 20.1 Å². The van der Waals surface area contributed by atoms with Gasteiger partial charge in [-0.3, -0.25) is 0 Å². The van der Waals surface area contributed by atoms with Crippen LogP contribution in [0.5, 0.6) is 0 Å². The van der Waals surface area contributed by atoms with Crippen molar-refractivity contribution in [2.24, 2.45) is 5.16 Å². The van der Waals surface area contributed by atoms with Crippen LogP contribution in [-0.4, -0.2) is 35.5 Å². The standard InChI is InChI=1S/C8H8Cl3N3O4/c1-3-17-6(15)4(13-16-2)5-12-7(14-18-5)8(9,10)11/h3H2,1-2H3/b13-4-. The molecule has 0 radical (unpaired) electrons. The van der Waals surface area contributed by atoms with Crippen molar-refractivity contribution in [1.29, 1.82) is 0 Å². The van der Waals surface area contributed by atoms with Gasteiger partial charge >= 0.3 is 5.97 Å². The predicted octanol–water partition coefficient (Wildman–Crippen LogP) is 1.81. The summed E-state index contributed by atoms with van der Waals surface area (Å²) in [4.78, 5) is 19.7. The second-order valence-corrected chi connectivity index (χ2v) is 5.05. The molecule has 0 fully saturated rings. The van der Waals surface area contributed by atoms with E-state index >= 15 is 0 Å². The Labute approximate surface area is 117 Å². The molecule has 0 N–H and O–H groups in total. The molecule has 0 spiro atoms. The fraction of sp³-hybridized carbons (Fsp3) is 0.500. The molecule has 0 atom stereocenters. The highest BCUT2D eigenvalue weighted by Gasteiger charge is 2.32. The molecule has 0 saturated heterocycles. The van der Waals surface area contributed by atoms with Crippen molar-refractivity contribution in [3.8, 4) is 0 Å². The van der Waals surface area contributed by atoms with Crippen LogP contribution < -0.4 is 0 Å². The zero-order valence-corrected chi connectivity index (χ0v) is 11.6. The number of oxime groups is 1. The lowest BCUT2D eigenvalue weighted by Gasteiger charge is -2.02. The van der Waals surface area contributed by atoms with Crippen molar-refractivity contribution in [3.63, 3.8) is 0 Å². The fourth-order valence-corrected chi connectivity index (χ4v) is 1.12. The molecule has 7 nitrogen and oxygen atoms in total. The van der Waals surface area contributed by atoms with Gasteiger partial charge in [0.15, 0.2) is 0 Å². The van der Waals surface area contributed by atoms with Crippen LogP contribution in [0.3, 0.4) is 0 Å². The number of esters is 1. The summed E-state index contributed by atoms with van der Waals surface area (Å²) in [7, 11) is 1.24. The Balaban J connectivity index is 3.05. The number of alkyl halides is 3. The van der Waals surface area contributed by atoms with Crippen LogP contribution >= 0.6 is 34.8 Å². The molecule has 0 aliphatic heterocycles. The highest BCUT2D eigenvalue weighted by atomic mass is 35.6. The third-order valence-corrected chi connectivity index (χ3v) is 2.04. The molecule has 0 aliphatic rings. The van der Waals surface area contributed by atoms with E-state index < -0.39 is 9.76 Å². The predicted molar refractivity (Wildman–Crippen MR) is 63.7 cm³/mol. The normalized spacial score (nSPS) is 12.4. The van der Waals surface area contributed by atoms with Crippen molar-refractivity contribution in [3.05, 3.63) is 11.7 Å². The Morgan fingerprint density at radius 3 is 2.61 bits per heavy atom. The number of nitrogens with zero attached hydrogens (tertiary/aromatic N) is 3. The largest absolute Gasteiger partial charge is 0.461 e. The van der Waals surface area contributed by atoms with Gasteiger partial charge < -0.3 is 14.1 Å². The SMILES string of the molecule is CCOC(=O)/C(=N\OC)c1nc(C(Cl)(Cl)Cl)no1. The van der Waals surface area contributed by atoms with E-state index in [1.54, 1.807) is 6.92 Å². The number of carbonyl (C=O) groups is 1. The van der Waals surface area contributed by atoms with Gasteiger partial charge in [-0.25, -0.2) is 4.79 Å². The van der Waals surface area contributed by atoms with Gasteiger partial charge in [0.2, 0.25) is 5.82 Å². The first-order valence-electron chi connectivity index (χ1n) is 4.59. The van der Waals surface area contributed by atoms with Crippen molar-refractivity contribution >= 4 is 46.5 Å². The van der Waals surface area contributed by atoms with Gasteiger partial charge in [-0.1, -0.05) is 45.1 Å². The van der Waals surface area contributed by atoms with Crippen LogP contribution in [0.4, 0.5) is 0 Å². The molecular weight excluding hydrogens is 308 g/mol. The summed E-state index contributed by atoms with van der Waals surface area (Å²) in [5.74, 6) is -1.29. The quantitative estimate of drug-likeness (QED) is 0.364. The summed E-state index contributed by atoms with van der Waals surface area (Å²) in [6.07, 6.45) is 0. The zero-order valence-electron chi connectivity index (χ0n) is 9.32. The van der Waals surface area contributed by atoms with Crippen molar-refractivity contribution in [1.82, 2.24) is 10.1 Å². The Bertz CT molecular complexity index is 455. The Morgan fingerprint density at radius 2 is 2.17 bits per heavy atom. The van der Waals surface area contributed by atoms with Gasteiger partial charge in [-0.15, -0.1) is 0 Å². The van der Waals surface area contributed by atoms with Crippen LogP contribution in [0, 0.1) is 0 Å². The maximum atomic E-state index is 11.5. The minimum absolute atomic E-state index is 0.146. The Hall–Kier alpha value is -1.05. The molecule has 10 heteroatoms. The fourth-order valence-electron chi connectivity index (χ4n) is 0.889. The average molecular weight is 317 g/mol. The van der Waals surface area contributed by atoms with E-state index in [-0.39, 0.29) is 24.0 Å². The molecule has 0 aliphatic carbocycles. The van der Waals surface area contributed by atoms with E-state index in [0.29, 0.717) is 0 Å². The van der Waals surface area contributed by atoms with Gasteiger partial charge in [0.1, 0.15) is 7.11 Å². The summed E-state index contributed by atoms with van der Waals surface area (Å²) in [6, 6.07) is 0. The monoisotopic (exact) mass is 315 g/mol. The number of halogens is 3. The first-order valence-corrected chi connectivity index (χ1v) is 5.73. The summed E-state index contributed by atoms with van der Waals surface area (Å²) in [5, 5.41) is 6.83. The number of rotatable bonds is 4. The van der Waals surface area contributed by atoms with Crippen LogP contribution in [-0.2, 0) is 18.2 Å². The highest BCUT2D eigenvalue weighted by Crippen LogP contribution is 2.35. The molecule has 0 aromatic carbocycles. The maximum absolute atomic E-state index is 11.5. The van der Waals surface area contributed by atoms with Crippen molar-refractivity contribution in [2.45, 2.75) is 10.7 Å². The minimum Gasteiger partial charge on any atom is -0.461 e. The maximum Gasteiger partial charge on any atom is 0.366 e. The van der Waals surface area contributed by atoms with E-state index in [1.165, 1.54) is 7.11 Å². The lowest BCUT2D eigenvalue weighted by Crippen LogP contribution is -2.20. The molecule has 0 bridgehead atoms. The van der Waals surface area contributed by atoms with Crippen LogP contribution in [0.2, 0.25) is 0 Å². The molecule has 0 unspecified atom stereocenters. The summed E-state index contributed by atoms with van der Waals surface area (Å²) in [6.45, 7) is 1.77. The van der Waals surface area contributed by atoms with Crippen LogP contribution in [0.15, 0.2) is 9.68 Å². The molecule has 18 heavy (non-hydrogen) atoms. The van der Waals surface area contributed by atoms with Crippen LogP contribution in [0.25, 0.3) is 0 Å². The molecule has 1 aromatic rings. The molecule has 0 amide bonds. The summed E-state index contributed by atoms with van der Waals surface area (Å²) in [5.41, 5.74) is -0.313. The van der Waals surface area contributed by atoms with E-state index in [4.69, 9.17) is 44.1 Å². The van der Waals surface area contributed by atoms with Gasteiger partial charge in [-0.05, 0) is 6.92 Å². The number of ether oxygens (including phenoxy) is 1. The van der Waals surface area contributed by atoms with E-state index in [9.17, 15) is 4.79 Å². The van der Waals surface area contributed by atoms with Gasteiger partial charge in [0.25, 0.3) is 15.4 Å². The topological polar surface area (TPSA) is 86.8 Å². The molecule has 1 heterocycles. The average Bonchev–Trinajstić information content (AvgIpc) is 2.74. The number of carbonyl (C=O) groups excluding carboxylic acids is 1. The van der Waals surface area contributed by atoms with Crippen molar-refractivity contribution < 1.29 is 18.9 Å². The van der Waals surface area contributed by atoms with Gasteiger partial charge in [0.05, 0.1) is 6.61 Å². The highest BCUT2D eigenvalue weighted by molar-refractivity contribution is 6.66. The molecule has 1 aromatic heterocycles. The van der Waals surface area contributed by atoms with Crippen LogP contribution in [0.1, 0.15) is 18.6 Å². The smallest absolute Gasteiger partial charge is 0.366 e. The third kappa shape index (κ3) is 3.72. The van der Waals surface area contributed by atoms with Gasteiger partial charge in [0, 0.05) is 0 Å². The first-order chi connectivity index (χ1) is 8.40. The molecular formula is C8H8Cl3N3O4. The van der Waals surface area contributed by atoms with E-state index in [0.717, 1.165) is 0 Å². The summed E-state index contributed by atoms with van der Waals surface area (Å²) < 4.78 is 7.61. The zero-order chi connectivity index (χ0) is 13.8. The Kier molecular flexibility index (Phi) is 5.18. The molecule has 100 valence electrons. The third-order valence-electron chi connectivity index (χ3n) is 1.53. The lowest BCUT2D eigenvalue weighted by atomic mass is 10.4. The second kappa shape index (κ2) is 6.21. The number of hydrogen-bond donors (Lipinski definition) is 0. The molecule has 1 rings (SSSR count). The number of aromatic nitrogens is 2. The Morgan fingerprint density at radius 1 is 1.50 bits per heavy atom. The van der Waals surface area contributed by atoms with Gasteiger partial charge in [-0.2, -0.15) is 4.98 Å². The van der Waals surface area contributed by atoms with Crippen molar-refractivity contribution in [2.75, 3.05) is 13.7 Å². The lowest BCUT2D eigenvalue weighted by molar-refractivity contribution is -0.135. The molecule has 0 saturated carbocycles. The first kappa shape index (κ1) is 15.0. The second-order valence-electron chi connectivity index (χ2n) is 2.76. The summed E-state index contributed by atoms with van der Waals surface area (Å²) >= 11 is 16.7.